The molecule has 10 heteroatoms. The maximum atomic E-state index is 12.2. The Kier molecular flexibility index (Phi) is 12.0. The Morgan fingerprint density at radius 2 is 1.56 bits per heavy atom. The lowest BCUT2D eigenvalue weighted by atomic mass is 10.1. The smallest absolute Gasteiger partial charge is 0.225 e. The molecule has 0 bridgehead atoms. The van der Waals surface area contributed by atoms with E-state index in [-0.39, 0.29) is 43.6 Å². The van der Waals surface area contributed by atoms with Crippen LogP contribution in [0.4, 0.5) is 5.95 Å². The third-order valence-corrected chi connectivity index (χ3v) is 5.33. The van der Waals surface area contributed by atoms with Gasteiger partial charge in [0.1, 0.15) is 0 Å². The van der Waals surface area contributed by atoms with Crippen molar-refractivity contribution in [2.45, 2.75) is 32.9 Å². The first-order chi connectivity index (χ1) is 14.5. The molecule has 3 rings (SSSR count). The van der Waals surface area contributed by atoms with Gasteiger partial charge in [-0.25, -0.2) is 9.97 Å². The molecular formula is C22H32Cl2N6O2. The number of nitrogens with zero attached hydrogens (tertiary/aromatic N) is 5. The van der Waals surface area contributed by atoms with Gasteiger partial charge in [0.15, 0.2) is 0 Å². The van der Waals surface area contributed by atoms with E-state index in [2.05, 4.69) is 44.0 Å². The lowest BCUT2D eigenvalue weighted by Crippen LogP contribution is -2.46. The fourth-order valence-electron chi connectivity index (χ4n) is 3.55. The first kappa shape index (κ1) is 27.6. The number of amides is 2. The Hall–Kier alpha value is -2.42. The minimum atomic E-state index is -0.444. The number of carbonyl (C=O) groups is 2. The van der Waals surface area contributed by atoms with Gasteiger partial charge in [-0.2, -0.15) is 0 Å². The van der Waals surface area contributed by atoms with E-state index < -0.39 is 5.91 Å². The van der Waals surface area contributed by atoms with Gasteiger partial charge in [-0.15, -0.1) is 24.8 Å². The van der Waals surface area contributed by atoms with Crippen LogP contribution in [0.5, 0.6) is 0 Å². The topological polar surface area (TPSA) is 95.7 Å². The first-order valence-electron chi connectivity index (χ1n) is 10.4. The molecule has 1 aromatic heterocycles. The minimum Gasteiger partial charge on any atom is -0.370 e. The van der Waals surface area contributed by atoms with E-state index >= 15 is 0 Å². The SMILES string of the molecule is CCN(Cc1ccc(CN2CCN(c3ncccn3)CC2)cc1)C(=O)CCC(N)=O.Cl.Cl. The molecule has 2 N–H and O–H groups in total. The molecule has 2 aromatic rings. The van der Waals surface area contributed by atoms with E-state index in [9.17, 15) is 9.59 Å². The highest BCUT2D eigenvalue weighted by molar-refractivity contribution is 5.85. The van der Waals surface area contributed by atoms with Crippen LogP contribution >= 0.6 is 24.8 Å². The largest absolute Gasteiger partial charge is 0.370 e. The average Bonchev–Trinajstić information content (AvgIpc) is 2.78. The third-order valence-electron chi connectivity index (χ3n) is 5.33. The number of nitrogens with two attached hydrogens (primary N) is 1. The Balaban J connectivity index is 0.00000256. The van der Waals surface area contributed by atoms with Gasteiger partial charge in [-0.1, -0.05) is 24.3 Å². The molecule has 1 aromatic carbocycles. The van der Waals surface area contributed by atoms with Crippen molar-refractivity contribution >= 4 is 42.6 Å². The van der Waals surface area contributed by atoms with E-state index in [1.807, 2.05) is 13.0 Å². The number of anilines is 1. The number of aromatic nitrogens is 2. The molecule has 1 saturated heterocycles. The van der Waals surface area contributed by atoms with Gasteiger partial charge in [0, 0.05) is 71.0 Å². The zero-order valence-electron chi connectivity index (χ0n) is 18.4. The zero-order valence-corrected chi connectivity index (χ0v) is 20.0. The molecule has 2 amide bonds. The van der Waals surface area contributed by atoms with Crippen molar-refractivity contribution in [1.82, 2.24) is 19.8 Å². The summed E-state index contributed by atoms with van der Waals surface area (Å²) >= 11 is 0. The van der Waals surface area contributed by atoms with Crippen LogP contribution < -0.4 is 10.6 Å². The van der Waals surface area contributed by atoms with Gasteiger partial charge < -0.3 is 15.5 Å². The number of primary amides is 1. The van der Waals surface area contributed by atoms with Crippen LogP contribution in [0.3, 0.4) is 0 Å². The molecule has 0 spiro atoms. The van der Waals surface area contributed by atoms with Crippen LogP contribution in [0.2, 0.25) is 0 Å². The molecule has 1 aliphatic heterocycles. The van der Waals surface area contributed by atoms with Crippen LogP contribution in [0, 0.1) is 0 Å². The highest BCUT2D eigenvalue weighted by Crippen LogP contribution is 2.14. The molecule has 1 aliphatic rings. The van der Waals surface area contributed by atoms with Crippen molar-refractivity contribution in [3.05, 3.63) is 53.9 Å². The van der Waals surface area contributed by atoms with Crippen LogP contribution in [-0.4, -0.2) is 64.3 Å². The lowest BCUT2D eigenvalue weighted by molar-refractivity contribution is -0.133. The summed E-state index contributed by atoms with van der Waals surface area (Å²) in [5.41, 5.74) is 7.48. The van der Waals surface area contributed by atoms with Crippen molar-refractivity contribution in [1.29, 1.82) is 0 Å². The van der Waals surface area contributed by atoms with Crippen molar-refractivity contribution in [2.24, 2.45) is 5.73 Å². The minimum absolute atomic E-state index is 0. The first-order valence-corrected chi connectivity index (χ1v) is 10.4. The lowest BCUT2D eigenvalue weighted by Gasteiger charge is -2.34. The van der Waals surface area contributed by atoms with Crippen LogP contribution in [0.25, 0.3) is 0 Å². The molecule has 0 aliphatic carbocycles. The molecule has 0 atom stereocenters. The van der Waals surface area contributed by atoms with E-state index in [0.29, 0.717) is 13.1 Å². The fourth-order valence-corrected chi connectivity index (χ4v) is 3.55. The molecule has 0 unspecified atom stereocenters. The Morgan fingerprint density at radius 3 is 2.12 bits per heavy atom. The molecular weight excluding hydrogens is 451 g/mol. The quantitative estimate of drug-likeness (QED) is 0.588. The molecule has 0 radical (unpaired) electrons. The predicted octanol–water partition coefficient (Wildman–Crippen LogP) is 2.26. The molecule has 176 valence electrons. The van der Waals surface area contributed by atoms with E-state index in [1.165, 1.54) is 5.56 Å². The zero-order chi connectivity index (χ0) is 21.3. The number of benzene rings is 1. The summed E-state index contributed by atoms with van der Waals surface area (Å²) in [6.45, 7) is 7.77. The number of hydrogen-bond acceptors (Lipinski definition) is 6. The monoisotopic (exact) mass is 482 g/mol. The third kappa shape index (κ3) is 8.26. The predicted molar refractivity (Wildman–Crippen MR) is 130 cm³/mol. The van der Waals surface area contributed by atoms with Crippen molar-refractivity contribution in [2.75, 3.05) is 37.6 Å². The number of rotatable bonds is 9. The van der Waals surface area contributed by atoms with Gasteiger partial charge in [-0.3, -0.25) is 14.5 Å². The van der Waals surface area contributed by atoms with E-state index in [0.717, 1.165) is 44.2 Å². The summed E-state index contributed by atoms with van der Waals surface area (Å²) in [5, 5.41) is 0. The summed E-state index contributed by atoms with van der Waals surface area (Å²) in [6, 6.07) is 10.2. The number of piperazine rings is 1. The second kappa shape index (κ2) is 13.9. The Bertz CT molecular complexity index is 830. The Labute approximate surface area is 202 Å². The van der Waals surface area contributed by atoms with Gasteiger partial charge in [0.25, 0.3) is 0 Å². The average molecular weight is 483 g/mol. The van der Waals surface area contributed by atoms with E-state index in [4.69, 9.17) is 5.73 Å². The van der Waals surface area contributed by atoms with Crippen molar-refractivity contribution in [3.63, 3.8) is 0 Å². The standard InChI is InChI=1S/C22H30N6O2.2ClH/c1-2-27(21(30)9-8-20(23)29)17-19-6-4-18(5-7-19)16-26-12-14-28(15-13-26)22-24-10-3-11-25-22;;/h3-7,10-11H,2,8-9,12-17H2,1H3,(H2,23,29);2*1H. The molecule has 0 saturated carbocycles. The maximum absolute atomic E-state index is 12.2. The van der Waals surface area contributed by atoms with Crippen molar-refractivity contribution < 1.29 is 9.59 Å². The fraction of sp³-hybridized carbons (Fsp3) is 0.455. The number of carbonyl (C=O) groups excluding carboxylic acids is 2. The highest BCUT2D eigenvalue weighted by atomic mass is 35.5. The van der Waals surface area contributed by atoms with Gasteiger partial charge in [0.05, 0.1) is 0 Å². The van der Waals surface area contributed by atoms with Gasteiger partial charge in [-0.05, 0) is 24.1 Å². The second-order valence-corrected chi connectivity index (χ2v) is 7.50. The number of hydrogen-bond donors (Lipinski definition) is 1. The van der Waals surface area contributed by atoms with Crippen LogP contribution in [-0.2, 0) is 22.7 Å². The van der Waals surface area contributed by atoms with Crippen LogP contribution in [0.15, 0.2) is 42.7 Å². The van der Waals surface area contributed by atoms with E-state index in [1.54, 1.807) is 17.3 Å². The molecule has 32 heavy (non-hydrogen) atoms. The van der Waals surface area contributed by atoms with Crippen LogP contribution in [0.1, 0.15) is 30.9 Å². The maximum Gasteiger partial charge on any atom is 0.225 e. The number of halogens is 2. The summed E-state index contributed by atoms with van der Waals surface area (Å²) in [4.78, 5) is 38.2. The highest BCUT2D eigenvalue weighted by Gasteiger charge is 2.19. The van der Waals surface area contributed by atoms with Crippen molar-refractivity contribution in [3.8, 4) is 0 Å². The summed E-state index contributed by atoms with van der Waals surface area (Å²) in [6.07, 6.45) is 3.82. The van der Waals surface area contributed by atoms with Gasteiger partial charge >= 0.3 is 0 Å². The summed E-state index contributed by atoms with van der Waals surface area (Å²) in [5.74, 6) is 0.314. The second-order valence-electron chi connectivity index (χ2n) is 7.50. The molecule has 8 nitrogen and oxygen atoms in total. The Morgan fingerprint density at radius 1 is 0.969 bits per heavy atom. The summed E-state index contributed by atoms with van der Waals surface area (Å²) < 4.78 is 0. The summed E-state index contributed by atoms with van der Waals surface area (Å²) in [7, 11) is 0. The normalized spacial score (nSPS) is 13.6. The molecule has 1 fully saturated rings. The van der Waals surface area contributed by atoms with Gasteiger partial charge in [0.2, 0.25) is 17.8 Å². The molecule has 2 heterocycles.